The third kappa shape index (κ3) is 5.36. The van der Waals surface area contributed by atoms with Crippen LogP contribution in [0.1, 0.15) is 90.0 Å². The van der Waals surface area contributed by atoms with E-state index in [4.69, 9.17) is 4.84 Å². The summed E-state index contributed by atoms with van der Waals surface area (Å²) in [5.41, 5.74) is 1.68. The molecule has 5 rings (SSSR count). The number of benzene rings is 1. The molecule has 7 atom stereocenters. The first kappa shape index (κ1) is 29.5. The molecule has 3 saturated carbocycles. The summed E-state index contributed by atoms with van der Waals surface area (Å²) in [6.45, 7) is 6.09. The smallest absolute Gasteiger partial charge is 0.304 e. The lowest BCUT2D eigenvalue weighted by Gasteiger charge is -2.59. The predicted molar refractivity (Wildman–Crippen MR) is 155 cm³/mol. The van der Waals surface area contributed by atoms with Crippen molar-refractivity contribution in [2.75, 3.05) is 13.2 Å². The van der Waals surface area contributed by atoms with Gasteiger partial charge in [0.2, 0.25) is 0 Å². The minimum Gasteiger partial charge on any atom is -0.481 e. The van der Waals surface area contributed by atoms with Crippen LogP contribution in [-0.4, -0.2) is 52.3 Å². The van der Waals surface area contributed by atoms with Gasteiger partial charge in [-0.2, -0.15) is 0 Å². The molecule has 3 fully saturated rings. The zero-order valence-corrected chi connectivity index (χ0v) is 24.5. The minimum atomic E-state index is -1.19. The van der Waals surface area contributed by atoms with Crippen LogP contribution in [0.2, 0.25) is 0 Å². The van der Waals surface area contributed by atoms with Crippen molar-refractivity contribution in [1.29, 1.82) is 0 Å². The Bertz CT molecular complexity index is 1240. The van der Waals surface area contributed by atoms with Gasteiger partial charge in [-0.05, 0) is 93.1 Å². The Hall–Kier alpha value is -3.00. The molecule has 4 aliphatic carbocycles. The molecular formula is C33H44N2O6. The Balaban J connectivity index is 1.18. The molecule has 4 aliphatic rings. The maximum absolute atomic E-state index is 12.5. The van der Waals surface area contributed by atoms with Crippen LogP contribution in [0.3, 0.4) is 0 Å². The molecule has 0 bridgehead atoms. The van der Waals surface area contributed by atoms with Crippen LogP contribution in [0, 0.1) is 28.6 Å². The van der Waals surface area contributed by atoms with E-state index in [0.717, 1.165) is 56.2 Å². The summed E-state index contributed by atoms with van der Waals surface area (Å²) < 4.78 is 0. The third-order valence-corrected chi connectivity index (χ3v) is 11.3. The second kappa shape index (κ2) is 11.3. The molecule has 1 amide bonds. The zero-order chi connectivity index (χ0) is 29.4. The zero-order valence-electron chi connectivity index (χ0n) is 24.5. The molecule has 41 heavy (non-hydrogen) atoms. The number of ketones is 1. The lowest BCUT2D eigenvalue weighted by atomic mass is 9.46. The van der Waals surface area contributed by atoms with Crippen molar-refractivity contribution in [2.24, 2.45) is 33.7 Å². The Morgan fingerprint density at radius 1 is 1.05 bits per heavy atom. The number of fused-ring (bicyclic) bond motifs is 5. The summed E-state index contributed by atoms with van der Waals surface area (Å²) in [7, 11) is 0. The number of carboxylic acid groups (broad SMARTS) is 1. The minimum absolute atomic E-state index is 0.0702. The molecule has 0 aliphatic heterocycles. The summed E-state index contributed by atoms with van der Waals surface area (Å²) in [5, 5.41) is 27.7. The number of carbonyl (C=O) groups excluding carboxylic acids is 2. The average Bonchev–Trinajstić information content (AvgIpc) is 3.23. The van der Waals surface area contributed by atoms with Crippen LogP contribution in [0.4, 0.5) is 0 Å². The molecule has 8 nitrogen and oxygen atoms in total. The number of hydrogen-bond donors (Lipinski definition) is 3. The lowest BCUT2D eigenvalue weighted by molar-refractivity contribution is -0.159. The van der Waals surface area contributed by atoms with Crippen LogP contribution < -0.4 is 5.32 Å². The van der Waals surface area contributed by atoms with Crippen molar-refractivity contribution in [2.45, 2.75) is 90.1 Å². The molecule has 222 valence electrons. The van der Waals surface area contributed by atoms with Gasteiger partial charge in [0.25, 0.3) is 5.91 Å². The van der Waals surface area contributed by atoms with Gasteiger partial charge in [0.05, 0.1) is 12.1 Å². The van der Waals surface area contributed by atoms with Crippen LogP contribution in [0.5, 0.6) is 0 Å². The van der Waals surface area contributed by atoms with E-state index in [1.807, 2.05) is 30.3 Å². The van der Waals surface area contributed by atoms with Gasteiger partial charge in [-0.1, -0.05) is 54.9 Å². The largest absolute Gasteiger partial charge is 0.481 e. The van der Waals surface area contributed by atoms with E-state index < -0.39 is 11.6 Å². The van der Waals surface area contributed by atoms with Gasteiger partial charge in [-0.15, -0.1) is 0 Å². The number of aliphatic carboxylic acids is 1. The van der Waals surface area contributed by atoms with E-state index in [-0.39, 0.29) is 48.0 Å². The number of carbonyl (C=O) groups is 3. The number of oxime groups is 1. The summed E-state index contributed by atoms with van der Waals surface area (Å²) >= 11 is 0. The van der Waals surface area contributed by atoms with Crippen molar-refractivity contribution < 1.29 is 29.4 Å². The van der Waals surface area contributed by atoms with Crippen molar-refractivity contribution in [1.82, 2.24) is 5.32 Å². The van der Waals surface area contributed by atoms with E-state index in [9.17, 15) is 24.6 Å². The molecule has 0 saturated heterocycles. The van der Waals surface area contributed by atoms with Gasteiger partial charge in [0.15, 0.2) is 12.4 Å². The normalized spacial score (nSPS) is 35.9. The number of aliphatic hydroxyl groups is 1. The molecule has 0 aromatic heterocycles. The van der Waals surface area contributed by atoms with Crippen LogP contribution in [0.25, 0.3) is 0 Å². The van der Waals surface area contributed by atoms with Gasteiger partial charge < -0.3 is 20.4 Å². The van der Waals surface area contributed by atoms with Crippen molar-refractivity contribution in [3.63, 3.8) is 0 Å². The number of carboxylic acids is 1. The first-order valence-electron chi connectivity index (χ1n) is 15.1. The number of nitrogens with one attached hydrogen (secondary N) is 1. The number of amides is 1. The average molecular weight is 565 g/mol. The summed E-state index contributed by atoms with van der Waals surface area (Å²) in [6, 6.07) is 9.32. The SMILES string of the molecule is CC(=O)[C@@]1(O)CC[C@@H]2[C@@H]3CCC4=C/C(=N/OCC(=O)NC[C@H](CC(=O)O)c5ccccc5)CC[C@]4(C)[C@H]3CC[C@@]21C. The fourth-order valence-corrected chi connectivity index (χ4v) is 8.94. The highest BCUT2D eigenvalue weighted by atomic mass is 16.6. The topological polar surface area (TPSA) is 125 Å². The Morgan fingerprint density at radius 2 is 1.78 bits per heavy atom. The quantitative estimate of drug-likeness (QED) is 0.362. The lowest BCUT2D eigenvalue weighted by Crippen LogP contribution is -2.57. The number of allylic oxidation sites excluding steroid dienone is 2. The number of rotatable bonds is 9. The van der Waals surface area contributed by atoms with Crippen LogP contribution in [0.15, 0.2) is 47.1 Å². The van der Waals surface area contributed by atoms with Gasteiger partial charge >= 0.3 is 5.97 Å². The fourth-order valence-electron chi connectivity index (χ4n) is 8.94. The summed E-state index contributed by atoms with van der Waals surface area (Å²) in [4.78, 5) is 41.7. The van der Waals surface area contributed by atoms with Gasteiger partial charge in [0, 0.05) is 17.9 Å². The van der Waals surface area contributed by atoms with Crippen molar-refractivity contribution in [3.8, 4) is 0 Å². The standard InChI is InChI=1S/C33H44N2O6/c1-21(36)33(40)16-13-28-26-10-9-24-18-25(11-14-31(24,2)27(26)12-15-32(28,33)3)35-41-20-29(37)34-19-23(17-30(38)39)22-7-5-4-6-8-22/h4-8,18,23,26-28,40H,9-17,19-20H2,1-3H3,(H,34,37)(H,38,39)/b35-25+/t23-,26+,27-,28+,31-,32-,33-/m0/s1. The highest BCUT2D eigenvalue weighted by Crippen LogP contribution is 2.67. The molecule has 3 N–H and O–H groups in total. The van der Waals surface area contributed by atoms with Gasteiger partial charge in [-0.3, -0.25) is 14.4 Å². The second-order valence-electron chi connectivity index (χ2n) is 13.3. The first-order chi connectivity index (χ1) is 19.5. The highest BCUT2D eigenvalue weighted by Gasteiger charge is 2.65. The molecule has 1 aromatic rings. The van der Waals surface area contributed by atoms with Gasteiger partial charge in [-0.25, -0.2) is 0 Å². The van der Waals surface area contributed by atoms with Gasteiger partial charge in [0.1, 0.15) is 5.60 Å². The first-order valence-corrected chi connectivity index (χ1v) is 15.1. The second-order valence-corrected chi connectivity index (χ2v) is 13.3. The fraction of sp³-hybridized carbons (Fsp3) is 0.636. The number of Topliss-reactive ketones (excluding diaryl/α,β-unsaturated/α-hetero) is 1. The maximum Gasteiger partial charge on any atom is 0.304 e. The van der Waals surface area contributed by atoms with E-state index in [1.54, 1.807) is 6.92 Å². The van der Waals surface area contributed by atoms with E-state index in [2.05, 4.69) is 30.4 Å². The molecule has 0 heterocycles. The number of nitrogens with zero attached hydrogens (tertiary/aromatic N) is 1. The van der Waals surface area contributed by atoms with Crippen LogP contribution in [-0.2, 0) is 19.2 Å². The van der Waals surface area contributed by atoms with Crippen molar-refractivity contribution in [3.05, 3.63) is 47.5 Å². The maximum atomic E-state index is 12.5. The summed E-state index contributed by atoms with van der Waals surface area (Å²) in [5.74, 6) is -0.213. The summed E-state index contributed by atoms with van der Waals surface area (Å²) in [6.07, 6.45) is 9.31. The number of hydrogen-bond acceptors (Lipinski definition) is 6. The molecule has 8 heteroatoms. The molecule has 0 spiro atoms. The molecule has 1 aromatic carbocycles. The highest BCUT2D eigenvalue weighted by molar-refractivity contribution is 5.96. The van der Waals surface area contributed by atoms with E-state index >= 15 is 0 Å². The Kier molecular flexibility index (Phi) is 8.16. The Labute approximate surface area is 242 Å². The molecule has 0 radical (unpaired) electrons. The molecular weight excluding hydrogens is 520 g/mol. The van der Waals surface area contributed by atoms with Crippen molar-refractivity contribution >= 4 is 23.4 Å². The van der Waals surface area contributed by atoms with E-state index in [0.29, 0.717) is 24.2 Å². The Morgan fingerprint density at radius 3 is 2.49 bits per heavy atom. The van der Waals surface area contributed by atoms with E-state index in [1.165, 1.54) is 5.57 Å². The monoisotopic (exact) mass is 564 g/mol. The third-order valence-electron chi connectivity index (χ3n) is 11.3. The van der Waals surface area contributed by atoms with Crippen LogP contribution >= 0.6 is 0 Å². The molecule has 0 unspecified atom stereocenters. The predicted octanol–water partition coefficient (Wildman–Crippen LogP) is 5.02.